The normalized spacial score (nSPS) is 26.6. The molecular formula is C35H43N3O4S. The number of nitrogens with zero attached hydrogens (tertiary/aromatic N) is 3. The van der Waals surface area contributed by atoms with E-state index in [0.29, 0.717) is 26.1 Å². The van der Waals surface area contributed by atoms with E-state index < -0.39 is 34.2 Å². The number of aliphatic hydroxyl groups is 1. The van der Waals surface area contributed by atoms with Crippen molar-refractivity contribution in [3.63, 3.8) is 0 Å². The second-order valence-electron chi connectivity index (χ2n) is 12.8. The van der Waals surface area contributed by atoms with Gasteiger partial charge in [-0.3, -0.25) is 14.4 Å². The lowest BCUT2D eigenvalue weighted by molar-refractivity contribution is -0.149. The Morgan fingerprint density at radius 1 is 1.05 bits per heavy atom. The smallest absolute Gasteiger partial charge is 0.247 e. The molecule has 0 aromatic heterocycles. The summed E-state index contributed by atoms with van der Waals surface area (Å²) in [6.45, 7) is 14.5. The second-order valence-corrected chi connectivity index (χ2v) is 14.4. The molecule has 2 aromatic rings. The number of aliphatic hydroxyl groups excluding tert-OH is 1. The van der Waals surface area contributed by atoms with Crippen molar-refractivity contribution in [3.05, 3.63) is 97.1 Å². The number of rotatable bonds is 11. The summed E-state index contributed by atoms with van der Waals surface area (Å²) in [6.07, 6.45) is 4.85. The van der Waals surface area contributed by atoms with Crippen LogP contribution in [-0.4, -0.2) is 78.8 Å². The van der Waals surface area contributed by atoms with Crippen molar-refractivity contribution in [1.29, 1.82) is 0 Å². The molecule has 1 spiro atoms. The monoisotopic (exact) mass is 601 g/mol. The lowest BCUT2D eigenvalue weighted by Crippen LogP contribution is -2.59. The quantitative estimate of drug-likeness (QED) is 0.373. The van der Waals surface area contributed by atoms with E-state index in [1.165, 1.54) is 0 Å². The Kier molecular flexibility index (Phi) is 8.91. The molecule has 3 aliphatic heterocycles. The van der Waals surface area contributed by atoms with Gasteiger partial charge in [0.2, 0.25) is 17.7 Å². The van der Waals surface area contributed by atoms with Gasteiger partial charge in [0.15, 0.2) is 0 Å². The minimum Gasteiger partial charge on any atom is -0.394 e. The van der Waals surface area contributed by atoms with Crippen LogP contribution in [0.3, 0.4) is 0 Å². The largest absolute Gasteiger partial charge is 0.394 e. The SMILES string of the molecule is C=CCN(Cc1ccccc1)C(=O)[C@@H]1[C@H]2C(=O)N([C@H](CO)c3ccccc3)C(C(=O)N(CC=C)C(C)(C)C)C23CC[C@H]1S3. The van der Waals surface area contributed by atoms with Gasteiger partial charge in [-0.05, 0) is 44.7 Å². The molecule has 2 aromatic carbocycles. The second kappa shape index (κ2) is 12.3. The van der Waals surface area contributed by atoms with Gasteiger partial charge in [-0.15, -0.1) is 24.9 Å². The number of hydrogen-bond acceptors (Lipinski definition) is 5. The van der Waals surface area contributed by atoms with Gasteiger partial charge in [0.05, 0.1) is 29.2 Å². The average molecular weight is 602 g/mol. The molecule has 0 aliphatic carbocycles. The zero-order valence-corrected chi connectivity index (χ0v) is 26.2. The summed E-state index contributed by atoms with van der Waals surface area (Å²) in [6, 6.07) is 17.7. The summed E-state index contributed by atoms with van der Waals surface area (Å²) in [5.74, 6) is -1.68. The first-order valence-corrected chi connectivity index (χ1v) is 16.0. The maximum absolute atomic E-state index is 14.8. The van der Waals surface area contributed by atoms with E-state index in [1.807, 2.05) is 81.4 Å². The van der Waals surface area contributed by atoms with Crippen molar-refractivity contribution in [2.24, 2.45) is 11.8 Å². The highest BCUT2D eigenvalue weighted by atomic mass is 32.2. The molecule has 3 heterocycles. The van der Waals surface area contributed by atoms with Crippen molar-refractivity contribution in [3.8, 4) is 0 Å². The number of likely N-dealkylation sites (tertiary alicyclic amines) is 1. The maximum atomic E-state index is 14.8. The van der Waals surface area contributed by atoms with Gasteiger partial charge >= 0.3 is 0 Å². The molecule has 5 rings (SSSR count). The first-order chi connectivity index (χ1) is 20.6. The molecule has 2 bridgehead atoms. The molecule has 228 valence electrons. The highest BCUT2D eigenvalue weighted by Gasteiger charge is 2.75. The first kappa shape index (κ1) is 31.1. The van der Waals surface area contributed by atoms with Crippen LogP contribution in [0.4, 0.5) is 0 Å². The molecule has 2 unspecified atom stereocenters. The molecule has 0 saturated carbocycles. The standard InChI is InChI=1S/C35H43N3O4S/c1-6-20-36(22-24-14-10-8-11-15-24)31(40)28-27-18-19-35(43-27)29(28)32(41)38(26(23-39)25-16-12-9-13-17-25)30(35)33(42)37(21-7-2)34(3,4)5/h6-17,26-30,39H,1-2,18-23H2,3-5H3/t26-,27-,28+,29+,30?,35?/m1/s1. The molecule has 3 amide bonds. The van der Waals surface area contributed by atoms with Gasteiger partial charge in [-0.25, -0.2) is 0 Å². The van der Waals surface area contributed by atoms with Crippen LogP contribution in [-0.2, 0) is 20.9 Å². The number of amides is 3. The van der Waals surface area contributed by atoms with Crippen molar-refractivity contribution >= 4 is 29.5 Å². The van der Waals surface area contributed by atoms with E-state index in [1.54, 1.807) is 38.6 Å². The van der Waals surface area contributed by atoms with Crippen LogP contribution in [0.25, 0.3) is 0 Å². The Balaban J connectivity index is 1.60. The number of carbonyl (C=O) groups excluding carboxylic acids is 3. The van der Waals surface area contributed by atoms with Crippen LogP contribution in [0.1, 0.15) is 50.8 Å². The minimum atomic E-state index is -0.823. The molecule has 3 aliphatic rings. The number of fused-ring (bicyclic) bond motifs is 1. The third kappa shape index (κ3) is 5.44. The fourth-order valence-electron chi connectivity index (χ4n) is 7.39. The van der Waals surface area contributed by atoms with Crippen LogP contribution in [0, 0.1) is 11.8 Å². The van der Waals surface area contributed by atoms with Gasteiger partial charge in [-0.1, -0.05) is 72.8 Å². The fraction of sp³-hybridized carbons (Fsp3) is 0.457. The number of thioether (sulfide) groups is 1. The predicted octanol–water partition coefficient (Wildman–Crippen LogP) is 4.84. The van der Waals surface area contributed by atoms with Gasteiger partial charge < -0.3 is 19.8 Å². The highest BCUT2D eigenvalue weighted by molar-refractivity contribution is 8.02. The topological polar surface area (TPSA) is 81.2 Å². The van der Waals surface area contributed by atoms with Crippen molar-refractivity contribution in [2.45, 2.75) is 67.8 Å². The lowest BCUT2D eigenvalue weighted by Gasteiger charge is -2.43. The van der Waals surface area contributed by atoms with E-state index in [2.05, 4.69) is 13.2 Å². The molecule has 43 heavy (non-hydrogen) atoms. The van der Waals surface area contributed by atoms with Crippen LogP contribution in [0.2, 0.25) is 0 Å². The van der Waals surface area contributed by atoms with E-state index in [-0.39, 0.29) is 29.6 Å². The van der Waals surface area contributed by atoms with Crippen molar-refractivity contribution in [2.75, 3.05) is 19.7 Å². The number of carbonyl (C=O) groups is 3. The van der Waals surface area contributed by atoms with E-state index in [9.17, 15) is 19.5 Å². The first-order valence-electron chi connectivity index (χ1n) is 15.1. The summed E-state index contributed by atoms with van der Waals surface area (Å²) in [5.41, 5.74) is 1.24. The van der Waals surface area contributed by atoms with Crippen molar-refractivity contribution in [1.82, 2.24) is 14.7 Å². The van der Waals surface area contributed by atoms with E-state index >= 15 is 0 Å². The fourth-order valence-corrected chi connectivity index (χ4v) is 9.58. The Bertz CT molecular complexity index is 1360. The Morgan fingerprint density at radius 3 is 2.26 bits per heavy atom. The Labute approximate surface area is 259 Å². The van der Waals surface area contributed by atoms with Crippen molar-refractivity contribution < 1.29 is 19.5 Å². The molecular weight excluding hydrogens is 558 g/mol. The maximum Gasteiger partial charge on any atom is 0.247 e. The predicted molar refractivity (Wildman–Crippen MR) is 171 cm³/mol. The molecule has 3 saturated heterocycles. The van der Waals surface area contributed by atoms with E-state index in [0.717, 1.165) is 17.5 Å². The van der Waals surface area contributed by atoms with Crippen LogP contribution in [0.5, 0.6) is 0 Å². The molecule has 6 atom stereocenters. The third-order valence-electron chi connectivity index (χ3n) is 9.22. The van der Waals surface area contributed by atoms with Gasteiger partial charge in [0.1, 0.15) is 6.04 Å². The van der Waals surface area contributed by atoms with E-state index in [4.69, 9.17) is 0 Å². The highest BCUT2D eigenvalue weighted by Crippen LogP contribution is 2.67. The zero-order valence-electron chi connectivity index (χ0n) is 25.4. The van der Waals surface area contributed by atoms with Gasteiger partial charge in [0.25, 0.3) is 0 Å². The van der Waals surface area contributed by atoms with Crippen LogP contribution in [0.15, 0.2) is 86.0 Å². The minimum absolute atomic E-state index is 0.0613. The van der Waals surface area contributed by atoms with Crippen LogP contribution < -0.4 is 0 Å². The Hall–Kier alpha value is -3.36. The van der Waals surface area contributed by atoms with Gasteiger partial charge in [-0.2, -0.15) is 0 Å². The van der Waals surface area contributed by atoms with Crippen LogP contribution >= 0.6 is 11.8 Å². The number of hydrogen-bond donors (Lipinski definition) is 1. The molecule has 8 heteroatoms. The average Bonchev–Trinajstić information content (AvgIpc) is 3.64. The summed E-state index contributed by atoms with van der Waals surface area (Å²) in [5, 5.41) is 10.7. The lowest BCUT2D eigenvalue weighted by atomic mass is 9.70. The molecule has 3 fully saturated rings. The summed E-state index contributed by atoms with van der Waals surface area (Å²) in [4.78, 5) is 49.2. The zero-order chi connectivity index (χ0) is 30.9. The van der Waals surface area contributed by atoms with Gasteiger partial charge in [0, 0.05) is 30.4 Å². The summed E-state index contributed by atoms with van der Waals surface area (Å²) < 4.78 is -0.765. The third-order valence-corrected chi connectivity index (χ3v) is 11.2. The number of benzene rings is 2. The molecule has 1 N–H and O–H groups in total. The Morgan fingerprint density at radius 2 is 1.67 bits per heavy atom. The molecule has 7 nitrogen and oxygen atoms in total. The summed E-state index contributed by atoms with van der Waals surface area (Å²) in [7, 11) is 0. The molecule has 0 radical (unpaired) electrons. The summed E-state index contributed by atoms with van der Waals surface area (Å²) >= 11 is 1.65.